The lowest BCUT2D eigenvalue weighted by molar-refractivity contribution is -0.00455. The molecule has 146 valence electrons. The Morgan fingerprint density at radius 3 is 2.76 bits per heavy atom. The third-order valence-electron chi connectivity index (χ3n) is 5.16. The number of nitrogens with zero attached hydrogens (tertiary/aromatic N) is 2. The Labute approximate surface area is 172 Å². The van der Waals surface area contributed by atoms with Gasteiger partial charge in [-0.3, -0.25) is 4.79 Å². The molecular formula is C22H17ClN2O4. The molecule has 6 nitrogen and oxygen atoms in total. The van der Waals surface area contributed by atoms with Crippen LogP contribution >= 0.6 is 11.6 Å². The molecule has 2 atom stereocenters. The summed E-state index contributed by atoms with van der Waals surface area (Å²) in [6.07, 6.45) is 1.32. The average Bonchev–Trinajstić information content (AvgIpc) is 3.43. The normalized spacial score (nSPS) is 19.8. The summed E-state index contributed by atoms with van der Waals surface area (Å²) in [5, 5.41) is 7.01. The maximum atomic E-state index is 13.3. The van der Waals surface area contributed by atoms with Crippen LogP contribution in [0.5, 0.6) is 11.5 Å². The number of benzene rings is 2. The number of carbonyl (C=O) groups excluding carboxylic acids is 1. The molecule has 7 heteroatoms. The first kappa shape index (κ1) is 17.8. The van der Waals surface area contributed by atoms with Crippen molar-refractivity contribution in [2.75, 3.05) is 7.11 Å². The molecule has 2 aliphatic heterocycles. The van der Waals surface area contributed by atoms with Gasteiger partial charge in [0.1, 0.15) is 23.0 Å². The van der Waals surface area contributed by atoms with Crippen LogP contribution in [0.15, 0.2) is 70.4 Å². The van der Waals surface area contributed by atoms with Gasteiger partial charge in [0.2, 0.25) is 5.78 Å². The van der Waals surface area contributed by atoms with Crippen LogP contribution in [0.4, 0.5) is 0 Å². The minimum Gasteiger partial charge on any atom is -0.497 e. The molecule has 3 heterocycles. The number of hydrazone groups is 1. The predicted octanol–water partition coefficient (Wildman–Crippen LogP) is 4.69. The summed E-state index contributed by atoms with van der Waals surface area (Å²) in [7, 11) is 1.59. The number of Topliss-reactive ketones (excluding diaryl/α,β-unsaturated/α-hetero) is 1. The summed E-state index contributed by atoms with van der Waals surface area (Å²) in [5.41, 5.74) is 2.19. The minimum absolute atomic E-state index is 0.162. The fourth-order valence-corrected chi connectivity index (χ4v) is 3.90. The van der Waals surface area contributed by atoms with Crippen LogP contribution in [-0.4, -0.2) is 29.8 Å². The van der Waals surface area contributed by atoms with Gasteiger partial charge in [-0.1, -0.05) is 11.6 Å². The molecule has 0 bridgehead atoms. The standard InChI is InChI=1S/C22H17ClN2O4/c1-27-15-7-4-13(5-8-15)21(26)22-25-18(12-17(24-25)20-3-2-10-28-20)16-11-14(23)6-9-19(16)29-22/h2-11,18,22H,12H2,1H3. The zero-order valence-corrected chi connectivity index (χ0v) is 16.3. The quantitative estimate of drug-likeness (QED) is 0.586. The Kier molecular flexibility index (Phi) is 4.28. The van der Waals surface area contributed by atoms with E-state index in [-0.39, 0.29) is 11.8 Å². The number of rotatable bonds is 4. The van der Waals surface area contributed by atoms with Crippen molar-refractivity contribution >= 4 is 23.1 Å². The summed E-state index contributed by atoms with van der Waals surface area (Å²) in [4.78, 5) is 13.3. The number of hydrogen-bond donors (Lipinski definition) is 0. The number of ether oxygens (including phenoxy) is 2. The second-order valence-electron chi connectivity index (χ2n) is 6.87. The van der Waals surface area contributed by atoms with Crippen LogP contribution in [-0.2, 0) is 0 Å². The molecule has 0 N–H and O–H groups in total. The highest BCUT2D eigenvalue weighted by molar-refractivity contribution is 6.30. The Balaban J connectivity index is 1.55. The van der Waals surface area contributed by atoms with E-state index in [0.717, 1.165) is 11.3 Å². The van der Waals surface area contributed by atoms with Crippen molar-refractivity contribution in [1.29, 1.82) is 0 Å². The first-order valence-corrected chi connectivity index (χ1v) is 9.56. The van der Waals surface area contributed by atoms with E-state index in [4.69, 9.17) is 25.5 Å². The molecule has 5 rings (SSSR count). The summed E-state index contributed by atoms with van der Waals surface area (Å²) in [6, 6.07) is 15.9. The van der Waals surface area contributed by atoms with Gasteiger partial charge in [-0.2, -0.15) is 5.10 Å². The lowest BCUT2D eigenvalue weighted by Crippen LogP contribution is -2.45. The van der Waals surface area contributed by atoms with E-state index in [1.165, 1.54) is 0 Å². The van der Waals surface area contributed by atoms with Gasteiger partial charge in [0, 0.05) is 22.6 Å². The monoisotopic (exact) mass is 408 g/mol. The van der Waals surface area contributed by atoms with Gasteiger partial charge < -0.3 is 13.9 Å². The molecule has 3 aromatic rings. The molecule has 0 fully saturated rings. The van der Waals surface area contributed by atoms with Crippen molar-refractivity contribution < 1.29 is 18.7 Å². The van der Waals surface area contributed by atoms with E-state index in [9.17, 15) is 4.79 Å². The van der Waals surface area contributed by atoms with E-state index in [1.807, 2.05) is 18.2 Å². The van der Waals surface area contributed by atoms with E-state index >= 15 is 0 Å². The largest absolute Gasteiger partial charge is 0.497 e. The van der Waals surface area contributed by atoms with Crippen LogP contribution in [0.3, 0.4) is 0 Å². The molecule has 2 aromatic carbocycles. The fourth-order valence-electron chi connectivity index (χ4n) is 3.72. The number of furan rings is 1. The lowest BCUT2D eigenvalue weighted by Gasteiger charge is -2.37. The smallest absolute Gasteiger partial charge is 0.251 e. The SMILES string of the molecule is COc1ccc(C(=O)C2Oc3ccc(Cl)cc3C3CC(c4ccco4)=NN23)cc1. The maximum Gasteiger partial charge on any atom is 0.251 e. The number of hydrogen-bond acceptors (Lipinski definition) is 6. The zero-order valence-electron chi connectivity index (χ0n) is 15.5. The molecule has 29 heavy (non-hydrogen) atoms. The first-order valence-electron chi connectivity index (χ1n) is 9.18. The van der Waals surface area contributed by atoms with Crippen LogP contribution in [0.1, 0.15) is 34.1 Å². The van der Waals surface area contributed by atoms with Crippen molar-refractivity contribution in [1.82, 2.24) is 5.01 Å². The van der Waals surface area contributed by atoms with Gasteiger partial charge in [-0.05, 0) is 54.6 Å². The van der Waals surface area contributed by atoms with Crippen molar-refractivity contribution in [2.24, 2.45) is 5.10 Å². The fraction of sp³-hybridized carbons (Fsp3) is 0.182. The highest BCUT2D eigenvalue weighted by atomic mass is 35.5. The predicted molar refractivity (Wildman–Crippen MR) is 108 cm³/mol. The van der Waals surface area contributed by atoms with E-state index in [2.05, 4.69) is 5.10 Å². The minimum atomic E-state index is -0.880. The molecule has 0 spiro atoms. The van der Waals surface area contributed by atoms with E-state index in [0.29, 0.717) is 34.3 Å². The third-order valence-corrected chi connectivity index (χ3v) is 5.39. The van der Waals surface area contributed by atoms with Crippen molar-refractivity contribution in [3.63, 3.8) is 0 Å². The van der Waals surface area contributed by atoms with Gasteiger partial charge in [0.25, 0.3) is 6.23 Å². The van der Waals surface area contributed by atoms with Crippen molar-refractivity contribution in [3.8, 4) is 11.5 Å². The highest BCUT2D eigenvalue weighted by Gasteiger charge is 2.44. The lowest BCUT2D eigenvalue weighted by atomic mass is 9.97. The molecule has 2 aliphatic rings. The van der Waals surface area contributed by atoms with Crippen LogP contribution in [0, 0.1) is 0 Å². The molecule has 1 aromatic heterocycles. The Hall–Kier alpha value is -3.25. The Bertz CT molecular complexity index is 1090. The second kappa shape index (κ2) is 6.97. The molecule has 0 amide bonds. The van der Waals surface area contributed by atoms with Crippen molar-refractivity contribution in [2.45, 2.75) is 18.7 Å². The highest BCUT2D eigenvalue weighted by Crippen LogP contribution is 2.44. The van der Waals surface area contributed by atoms with Gasteiger partial charge in [0.15, 0.2) is 0 Å². The van der Waals surface area contributed by atoms with Crippen LogP contribution in [0.2, 0.25) is 5.02 Å². The summed E-state index contributed by atoms with van der Waals surface area (Å²) in [5.74, 6) is 1.82. The molecule has 0 saturated heterocycles. The number of halogens is 1. The maximum absolute atomic E-state index is 13.3. The summed E-state index contributed by atoms with van der Waals surface area (Å²) >= 11 is 6.22. The van der Waals surface area contributed by atoms with Gasteiger partial charge in [-0.25, -0.2) is 5.01 Å². The number of carbonyl (C=O) groups is 1. The molecule has 0 saturated carbocycles. The molecule has 0 aliphatic carbocycles. The first-order chi connectivity index (χ1) is 14.1. The number of fused-ring (bicyclic) bond motifs is 3. The zero-order chi connectivity index (χ0) is 20.0. The average molecular weight is 409 g/mol. The molecular weight excluding hydrogens is 392 g/mol. The van der Waals surface area contributed by atoms with Gasteiger partial charge in [0.05, 0.1) is 19.4 Å². The number of ketones is 1. The van der Waals surface area contributed by atoms with Crippen LogP contribution < -0.4 is 9.47 Å². The van der Waals surface area contributed by atoms with Crippen LogP contribution in [0.25, 0.3) is 0 Å². The topological polar surface area (TPSA) is 64.3 Å². The Morgan fingerprint density at radius 1 is 1.21 bits per heavy atom. The third kappa shape index (κ3) is 3.06. The van der Waals surface area contributed by atoms with Crippen molar-refractivity contribution in [3.05, 3.63) is 82.8 Å². The Morgan fingerprint density at radius 2 is 2.03 bits per heavy atom. The van der Waals surface area contributed by atoms with E-state index < -0.39 is 6.23 Å². The summed E-state index contributed by atoms with van der Waals surface area (Å²) < 4.78 is 16.8. The number of methoxy groups -OCH3 is 1. The molecule has 2 unspecified atom stereocenters. The summed E-state index contributed by atoms with van der Waals surface area (Å²) in [6.45, 7) is 0. The second-order valence-corrected chi connectivity index (χ2v) is 7.31. The van der Waals surface area contributed by atoms with E-state index in [1.54, 1.807) is 54.8 Å². The molecule has 0 radical (unpaired) electrons. The van der Waals surface area contributed by atoms with Gasteiger partial charge in [-0.15, -0.1) is 0 Å². The van der Waals surface area contributed by atoms with Gasteiger partial charge >= 0.3 is 0 Å².